The van der Waals surface area contributed by atoms with E-state index >= 15 is 0 Å². The highest BCUT2D eigenvalue weighted by Gasteiger charge is 2.19. The van der Waals surface area contributed by atoms with Crippen LogP contribution in [0.2, 0.25) is 10.0 Å². The lowest BCUT2D eigenvalue weighted by Gasteiger charge is -2.06. The molecule has 2 aromatic carbocycles. The molecule has 0 aliphatic heterocycles. The highest BCUT2D eigenvalue weighted by molar-refractivity contribution is 9.10. The topological polar surface area (TPSA) is 52.0 Å². The Labute approximate surface area is 139 Å². The standard InChI is InChI=1S/C15H9BrCl2N2O/c16-12-5-4-10(18)7-11(12)14-13(15(19)21-20-14)8-2-1-3-9(17)6-8/h1-7H,19H2. The summed E-state index contributed by atoms with van der Waals surface area (Å²) in [5, 5.41) is 5.28. The number of hydrogen-bond donors (Lipinski definition) is 1. The third kappa shape index (κ3) is 2.79. The summed E-state index contributed by atoms with van der Waals surface area (Å²) in [5.41, 5.74) is 8.88. The Hall–Kier alpha value is -1.49. The van der Waals surface area contributed by atoms with Gasteiger partial charge in [-0.2, -0.15) is 0 Å². The maximum absolute atomic E-state index is 6.07. The van der Waals surface area contributed by atoms with Gasteiger partial charge < -0.3 is 10.3 Å². The predicted molar refractivity (Wildman–Crippen MR) is 89.5 cm³/mol. The summed E-state index contributed by atoms with van der Waals surface area (Å²) in [5.74, 6) is 0.235. The molecule has 0 atom stereocenters. The minimum Gasteiger partial charge on any atom is -0.367 e. The molecule has 0 spiro atoms. The van der Waals surface area contributed by atoms with Gasteiger partial charge in [-0.3, -0.25) is 0 Å². The first-order valence-electron chi connectivity index (χ1n) is 6.03. The Morgan fingerprint density at radius 1 is 1.05 bits per heavy atom. The second-order valence-corrected chi connectivity index (χ2v) is 6.13. The van der Waals surface area contributed by atoms with E-state index in [1.807, 2.05) is 24.3 Å². The molecule has 0 saturated carbocycles. The molecule has 106 valence electrons. The highest BCUT2D eigenvalue weighted by Crippen LogP contribution is 2.40. The van der Waals surface area contributed by atoms with E-state index in [1.54, 1.807) is 18.2 Å². The molecule has 21 heavy (non-hydrogen) atoms. The van der Waals surface area contributed by atoms with Gasteiger partial charge in [0.15, 0.2) is 0 Å². The molecule has 0 aliphatic rings. The van der Waals surface area contributed by atoms with Crippen molar-refractivity contribution < 1.29 is 4.52 Å². The molecular formula is C15H9BrCl2N2O. The largest absolute Gasteiger partial charge is 0.367 e. The van der Waals surface area contributed by atoms with E-state index in [-0.39, 0.29) is 5.88 Å². The maximum Gasteiger partial charge on any atom is 0.230 e. The van der Waals surface area contributed by atoms with Crippen molar-refractivity contribution in [2.75, 3.05) is 5.73 Å². The Morgan fingerprint density at radius 2 is 1.81 bits per heavy atom. The summed E-state index contributed by atoms with van der Waals surface area (Å²) < 4.78 is 6.01. The van der Waals surface area contributed by atoms with E-state index in [9.17, 15) is 0 Å². The monoisotopic (exact) mass is 382 g/mol. The van der Waals surface area contributed by atoms with Crippen LogP contribution in [0.3, 0.4) is 0 Å². The Bertz CT molecular complexity index is 817. The van der Waals surface area contributed by atoms with Crippen molar-refractivity contribution in [3.8, 4) is 22.4 Å². The third-order valence-corrected chi connectivity index (χ3v) is 4.18. The fourth-order valence-electron chi connectivity index (χ4n) is 2.09. The SMILES string of the molecule is Nc1onc(-c2cc(Cl)ccc2Br)c1-c1cccc(Cl)c1. The number of hydrogen-bond acceptors (Lipinski definition) is 3. The smallest absolute Gasteiger partial charge is 0.230 e. The molecule has 0 unspecified atom stereocenters. The fourth-order valence-corrected chi connectivity index (χ4v) is 2.89. The Morgan fingerprint density at radius 3 is 2.57 bits per heavy atom. The van der Waals surface area contributed by atoms with Crippen molar-refractivity contribution in [3.05, 3.63) is 57.0 Å². The Balaban J connectivity index is 2.24. The van der Waals surface area contributed by atoms with Gasteiger partial charge in [0, 0.05) is 20.1 Å². The van der Waals surface area contributed by atoms with Gasteiger partial charge in [0.2, 0.25) is 5.88 Å². The molecule has 1 aromatic heterocycles. The van der Waals surface area contributed by atoms with E-state index in [2.05, 4.69) is 21.1 Å². The normalized spacial score (nSPS) is 10.8. The van der Waals surface area contributed by atoms with Gasteiger partial charge in [-0.25, -0.2) is 0 Å². The van der Waals surface area contributed by atoms with Crippen LogP contribution < -0.4 is 5.73 Å². The van der Waals surface area contributed by atoms with Crippen LogP contribution in [-0.4, -0.2) is 5.16 Å². The molecule has 0 radical (unpaired) electrons. The van der Waals surface area contributed by atoms with Gasteiger partial charge in [0.05, 0.1) is 5.56 Å². The van der Waals surface area contributed by atoms with E-state index in [0.29, 0.717) is 21.3 Å². The molecule has 0 aliphatic carbocycles. The van der Waals surface area contributed by atoms with E-state index < -0.39 is 0 Å². The van der Waals surface area contributed by atoms with Crippen LogP contribution in [0.1, 0.15) is 0 Å². The zero-order valence-corrected chi connectivity index (χ0v) is 13.7. The average molecular weight is 384 g/mol. The molecule has 2 N–H and O–H groups in total. The first-order chi connectivity index (χ1) is 10.1. The number of halogens is 3. The van der Waals surface area contributed by atoms with Gasteiger partial charge in [0.1, 0.15) is 5.69 Å². The molecule has 3 nitrogen and oxygen atoms in total. The summed E-state index contributed by atoms with van der Waals surface area (Å²) in [4.78, 5) is 0. The van der Waals surface area contributed by atoms with Crippen LogP contribution in [-0.2, 0) is 0 Å². The molecule has 1 heterocycles. The quantitative estimate of drug-likeness (QED) is 0.621. The summed E-state index contributed by atoms with van der Waals surface area (Å²) in [6, 6.07) is 12.8. The van der Waals surface area contributed by atoms with E-state index in [0.717, 1.165) is 15.6 Å². The van der Waals surface area contributed by atoms with E-state index in [4.69, 9.17) is 33.5 Å². The lowest BCUT2D eigenvalue weighted by molar-refractivity contribution is 0.439. The number of benzene rings is 2. The van der Waals surface area contributed by atoms with Gasteiger partial charge >= 0.3 is 0 Å². The zero-order valence-electron chi connectivity index (χ0n) is 10.6. The zero-order chi connectivity index (χ0) is 15.0. The lowest BCUT2D eigenvalue weighted by atomic mass is 10.0. The summed E-state index contributed by atoms with van der Waals surface area (Å²) in [6.07, 6.45) is 0. The molecular weight excluding hydrogens is 375 g/mol. The molecule has 6 heteroatoms. The van der Waals surface area contributed by atoms with Crippen molar-refractivity contribution in [2.24, 2.45) is 0 Å². The van der Waals surface area contributed by atoms with Gasteiger partial charge in [-0.15, -0.1) is 0 Å². The van der Waals surface area contributed by atoms with Crippen molar-refractivity contribution >= 4 is 45.0 Å². The van der Waals surface area contributed by atoms with Gasteiger partial charge in [-0.05, 0) is 35.9 Å². The van der Waals surface area contributed by atoms with Crippen molar-refractivity contribution in [1.29, 1.82) is 0 Å². The third-order valence-electron chi connectivity index (χ3n) is 3.02. The Kier molecular flexibility index (Phi) is 3.93. The maximum atomic E-state index is 6.07. The minimum absolute atomic E-state index is 0.235. The first-order valence-corrected chi connectivity index (χ1v) is 7.57. The molecule has 3 rings (SSSR count). The number of nitrogens with zero attached hydrogens (tertiary/aromatic N) is 1. The summed E-state index contributed by atoms with van der Waals surface area (Å²) >= 11 is 15.6. The number of anilines is 1. The molecule has 0 bridgehead atoms. The van der Waals surface area contributed by atoms with Crippen molar-refractivity contribution in [3.63, 3.8) is 0 Å². The molecule has 0 saturated heterocycles. The molecule has 0 fully saturated rings. The van der Waals surface area contributed by atoms with Crippen molar-refractivity contribution in [1.82, 2.24) is 5.16 Å². The van der Waals surface area contributed by atoms with Crippen molar-refractivity contribution in [2.45, 2.75) is 0 Å². The first kappa shape index (κ1) is 14.4. The number of rotatable bonds is 2. The highest BCUT2D eigenvalue weighted by atomic mass is 79.9. The lowest BCUT2D eigenvalue weighted by Crippen LogP contribution is -1.88. The number of nitrogens with two attached hydrogens (primary N) is 1. The van der Waals surface area contributed by atoms with Crippen LogP contribution in [0.5, 0.6) is 0 Å². The van der Waals surface area contributed by atoms with Crippen LogP contribution >= 0.6 is 39.1 Å². The number of aromatic nitrogens is 1. The summed E-state index contributed by atoms with van der Waals surface area (Å²) in [6.45, 7) is 0. The second kappa shape index (κ2) is 5.72. The average Bonchev–Trinajstić information content (AvgIpc) is 2.83. The fraction of sp³-hybridized carbons (Fsp3) is 0. The predicted octanol–water partition coefficient (Wildman–Crippen LogP) is 5.66. The van der Waals surface area contributed by atoms with Crippen LogP contribution in [0.25, 0.3) is 22.4 Å². The second-order valence-electron chi connectivity index (χ2n) is 4.40. The van der Waals surface area contributed by atoms with Crippen LogP contribution in [0.4, 0.5) is 5.88 Å². The summed E-state index contributed by atoms with van der Waals surface area (Å²) in [7, 11) is 0. The van der Waals surface area contributed by atoms with Crippen LogP contribution in [0, 0.1) is 0 Å². The van der Waals surface area contributed by atoms with Gasteiger partial charge in [0.25, 0.3) is 0 Å². The van der Waals surface area contributed by atoms with Crippen LogP contribution in [0.15, 0.2) is 51.5 Å². The molecule has 3 aromatic rings. The minimum atomic E-state index is 0.235. The van der Waals surface area contributed by atoms with E-state index in [1.165, 1.54) is 0 Å². The molecule has 0 amide bonds. The van der Waals surface area contributed by atoms with Gasteiger partial charge in [-0.1, -0.05) is 56.4 Å². The number of nitrogen functional groups attached to an aromatic ring is 1.